The van der Waals surface area contributed by atoms with Crippen LogP contribution in [0.4, 0.5) is 0 Å². The predicted octanol–water partition coefficient (Wildman–Crippen LogP) is 4.38. The molecule has 1 aromatic carbocycles. The number of hydrogen-bond donors (Lipinski definition) is 0. The van der Waals surface area contributed by atoms with Crippen molar-refractivity contribution in [2.45, 2.75) is 25.8 Å². The smallest absolute Gasteiger partial charge is 0.358 e. The number of benzene rings is 1. The minimum absolute atomic E-state index is 0.0859. The Morgan fingerprint density at radius 1 is 1.24 bits per heavy atom. The standard InChI is InChI=1S/C22H27ClN2O4/c1-4-28-19-12-11-18(23)20(24-19)22(26)29-14-16-6-5-13-25(2)21(16)15-7-9-17(27-3)10-8-15/h7-12,16,21H,4-6,13-14H2,1-3H3. The highest BCUT2D eigenvalue weighted by Crippen LogP contribution is 2.36. The summed E-state index contributed by atoms with van der Waals surface area (Å²) in [5, 5.41) is 0.255. The Balaban J connectivity index is 1.72. The Morgan fingerprint density at radius 3 is 2.69 bits per heavy atom. The first kappa shape index (κ1) is 21.4. The van der Waals surface area contributed by atoms with Crippen LogP contribution < -0.4 is 9.47 Å². The minimum Gasteiger partial charge on any atom is -0.497 e. The molecule has 156 valence electrons. The van der Waals surface area contributed by atoms with Crippen LogP contribution in [-0.4, -0.2) is 49.8 Å². The van der Waals surface area contributed by atoms with Gasteiger partial charge in [-0.2, -0.15) is 0 Å². The molecule has 29 heavy (non-hydrogen) atoms. The van der Waals surface area contributed by atoms with Gasteiger partial charge in [0.05, 0.1) is 25.3 Å². The second kappa shape index (κ2) is 9.94. The summed E-state index contributed by atoms with van der Waals surface area (Å²) >= 11 is 6.15. The van der Waals surface area contributed by atoms with Gasteiger partial charge in [-0.05, 0) is 57.1 Å². The largest absolute Gasteiger partial charge is 0.497 e. The number of carbonyl (C=O) groups is 1. The van der Waals surface area contributed by atoms with E-state index in [1.165, 1.54) is 5.56 Å². The summed E-state index contributed by atoms with van der Waals surface area (Å²) in [6, 6.07) is 11.5. The molecule has 1 aliphatic rings. The van der Waals surface area contributed by atoms with E-state index < -0.39 is 5.97 Å². The third-order valence-electron chi connectivity index (χ3n) is 5.20. The second-order valence-electron chi connectivity index (χ2n) is 7.11. The number of ether oxygens (including phenoxy) is 3. The number of methoxy groups -OCH3 is 1. The van der Waals surface area contributed by atoms with E-state index in [0.29, 0.717) is 19.1 Å². The van der Waals surface area contributed by atoms with Crippen molar-refractivity contribution in [1.82, 2.24) is 9.88 Å². The molecular weight excluding hydrogens is 392 g/mol. The molecule has 0 aliphatic carbocycles. The van der Waals surface area contributed by atoms with E-state index in [2.05, 4.69) is 29.1 Å². The molecule has 0 spiro atoms. The number of aromatic nitrogens is 1. The van der Waals surface area contributed by atoms with Crippen LogP contribution in [0, 0.1) is 5.92 Å². The van der Waals surface area contributed by atoms with Gasteiger partial charge in [-0.3, -0.25) is 4.90 Å². The molecule has 2 unspecified atom stereocenters. The van der Waals surface area contributed by atoms with Crippen molar-refractivity contribution in [3.05, 3.63) is 52.7 Å². The summed E-state index contributed by atoms with van der Waals surface area (Å²) in [4.78, 5) is 19.1. The topological polar surface area (TPSA) is 60.9 Å². The molecule has 6 nitrogen and oxygen atoms in total. The highest BCUT2D eigenvalue weighted by atomic mass is 35.5. The minimum atomic E-state index is -0.529. The fourth-order valence-corrected chi connectivity index (χ4v) is 3.99. The molecule has 2 heterocycles. The van der Waals surface area contributed by atoms with E-state index in [4.69, 9.17) is 25.8 Å². The third kappa shape index (κ3) is 5.19. The number of halogens is 1. The van der Waals surface area contributed by atoms with Crippen LogP contribution in [0.25, 0.3) is 0 Å². The molecule has 3 rings (SSSR count). The van der Waals surface area contributed by atoms with Gasteiger partial charge in [0.25, 0.3) is 0 Å². The van der Waals surface area contributed by atoms with Crippen LogP contribution in [-0.2, 0) is 4.74 Å². The quantitative estimate of drug-likeness (QED) is 0.622. The van der Waals surface area contributed by atoms with Crippen LogP contribution in [0.2, 0.25) is 5.02 Å². The predicted molar refractivity (Wildman–Crippen MR) is 112 cm³/mol. The Labute approximate surface area is 176 Å². The van der Waals surface area contributed by atoms with Crippen LogP contribution >= 0.6 is 11.6 Å². The zero-order valence-electron chi connectivity index (χ0n) is 17.1. The molecule has 2 atom stereocenters. The monoisotopic (exact) mass is 418 g/mol. The molecule has 7 heteroatoms. The molecule has 0 bridgehead atoms. The van der Waals surface area contributed by atoms with Crippen LogP contribution in [0.1, 0.15) is 41.9 Å². The van der Waals surface area contributed by atoms with Gasteiger partial charge in [-0.15, -0.1) is 0 Å². The number of carbonyl (C=O) groups excluding carboxylic acids is 1. The molecule has 1 aliphatic heterocycles. The van der Waals surface area contributed by atoms with E-state index in [-0.39, 0.29) is 22.7 Å². The van der Waals surface area contributed by atoms with Crippen LogP contribution in [0.5, 0.6) is 11.6 Å². The lowest BCUT2D eigenvalue weighted by molar-refractivity contribution is 0.0230. The van der Waals surface area contributed by atoms with Crippen molar-refractivity contribution >= 4 is 17.6 Å². The zero-order chi connectivity index (χ0) is 20.8. The van der Waals surface area contributed by atoms with E-state index >= 15 is 0 Å². The summed E-state index contributed by atoms with van der Waals surface area (Å²) in [6.07, 6.45) is 2.04. The first-order valence-electron chi connectivity index (χ1n) is 9.84. The van der Waals surface area contributed by atoms with E-state index in [1.54, 1.807) is 19.2 Å². The lowest BCUT2D eigenvalue weighted by atomic mass is 9.85. The summed E-state index contributed by atoms with van der Waals surface area (Å²) < 4.78 is 16.3. The van der Waals surface area contributed by atoms with Crippen molar-refractivity contribution in [1.29, 1.82) is 0 Å². The van der Waals surface area contributed by atoms with Crippen molar-refractivity contribution in [2.24, 2.45) is 5.92 Å². The van der Waals surface area contributed by atoms with E-state index in [9.17, 15) is 4.79 Å². The summed E-state index contributed by atoms with van der Waals surface area (Å²) in [7, 11) is 3.76. The molecule has 2 aromatic rings. The number of nitrogens with zero attached hydrogens (tertiary/aromatic N) is 2. The highest BCUT2D eigenvalue weighted by Gasteiger charge is 2.32. The molecule has 0 saturated carbocycles. The van der Waals surface area contributed by atoms with Gasteiger partial charge in [-0.25, -0.2) is 9.78 Å². The number of likely N-dealkylation sites (tertiary alicyclic amines) is 1. The van der Waals surface area contributed by atoms with Gasteiger partial charge >= 0.3 is 5.97 Å². The number of pyridine rings is 1. The molecule has 1 aromatic heterocycles. The Kier molecular flexibility index (Phi) is 7.34. The molecule has 0 radical (unpaired) electrons. The van der Waals surface area contributed by atoms with Crippen molar-refractivity contribution < 1.29 is 19.0 Å². The van der Waals surface area contributed by atoms with Crippen LogP contribution in [0.15, 0.2) is 36.4 Å². The molecule has 1 fully saturated rings. The molecule has 0 amide bonds. The summed E-state index contributed by atoms with van der Waals surface area (Å²) in [6.45, 7) is 3.62. The maximum atomic E-state index is 12.6. The van der Waals surface area contributed by atoms with Crippen molar-refractivity contribution in [3.8, 4) is 11.6 Å². The van der Waals surface area contributed by atoms with E-state index in [1.807, 2.05) is 19.1 Å². The summed E-state index contributed by atoms with van der Waals surface area (Å²) in [5.74, 6) is 0.834. The first-order valence-corrected chi connectivity index (χ1v) is 10.2. The number of rotatable bonds is 7. The van der Waals surface area contributed by atoms with Gasteiger partial charge in [0.2, 0.25) is 5.88 Å². The fraction of sp³-hybridized carbons (Fsp3) is 0.455. The maximum absolute atomic E-state index is 12.6. The van der Waals surface area contributed by atoms with E-state index in [0.717, 1.165) is 25.1 Å². The number of hydrogen-bond acceptors (Lipinski definition) is 6. The van der Waals surface area contributed by atoms with Gasteiger partial charge in [-0.1, -0.05) is 23.7 Å². The fourth-order valence-electron chi connectivity index (χ4n) is 3.81. The highest BCUT2D eigenvalue weighted by molar-refractivity contribution is 6.33. The number of esters is 1. The molecular formula is C22H27ClN2O4. The van der Waals surface area contributed by atoms with Crippen molar-refractivity contribution in [3.63, 3.8) is 0 Å². The lowest BCUT2D eigenvalue weighted by Gasteiger charge is -2.39. The van der Waals surface area contributed by atoms with Gasteiger partial charge < -0.3 is 14.2 Å². The normalized spacial score (nSPS) is 19.6. The maximum Gasteiger partial charge on any atom is 0.358 e. The van der Waals surface area contributed by atoms with Gasteiger partial charge in [0, 0.05) is 18.0 Å². The summed E-state index contributed by atoms with van der Waals surface area (Å²) in [5.41, 5.74) is 1.27. The average molecular weight is 419 g/mol. The Morgan fingerprint density at radius 2 is 2.00 bits per heavy atom. The number of piperidine rings is 1. The van der Waals surface area contributed by atoms with Gasteiger partial charge in [0.1, 0.15) is 5.75 Å². The average Bonchev–Trinajstić information content (AvgIpc) is 2.73. The Hall–Kier alpha value is -2.31. The lowest BCUT2D eigenvalue weighted by Crippen LogP contribution is -2.38. The third-order valence-corrected chi connectivity index (χ3v) is 5.50. The van der Waals surface area contributed by atoms with Crippen molar-refractivity contribution in [2.75, 3.05) is 33.9 Å². The first-order chi connectivity index (χ1) is 14.0. The zero-order valence-corrected chi connectivity index (χ0v) is 17.8. The molecule has 1 saturated heterocycles. The molecule has 0 N–H and O–H groups in total. The SMILES string of the molecule is CCOc1ccc(Cl)c(C(=O)OCC2CCCN(C)C2c2ccc(OC)cc2)n1. The van der Waals surface area contributed by atoms with Crippen LogP contribution in [0.3, 0.4) is 0 Å². The second-order valence-corrected chi connectivity index (χ2v) is 7.52. The van der Waals surface area contributed by atoms with Gasteiger partial charge in [0.15, 0.2) is 5.69 Å². The Bertz CT molecular complexity index is 828.